The smallest absolute Gasteiger partial charge is 0.337 e. The molecule has 0 saturated carbocycles. The van der Waals surface area contributed by atoms with Crippen molar-refractivity contribution in [2.75, 3.05) is 5.32 Å². The number of carboxylic acid groups (broad SMARTS) is 1. The molecule has 0 radical (unpaired) electrons. The van der Waals surface area contributed by atoms with Crippen LogP contribution in [0.5, 0.6) is 0 Å². The second kappa shape index (κ2) is 6.16. The third kappa shape index (κ3) is 3.55. The molecule has 2 amide bonds. The van der Waals surface area contributed by atoms with Crippen molar-refractivity contribution in [2.45, 2.75) is 13.0 Å². The van der Waals surface area contributed by atoms with Gasteiger partial charge in [-0.25, -0.2) is 9.59 Å². The minimum Gasteiger partial charge on any atom is -0.478 e. The summed E-state index contributed by atoms with van der Waals surface area (Å²) in [7, 11) is 0. The largest absolute Gasteiger partial charge is 0.478 e. The van der Waals surface area contributed by atoms with E-state index in [0.717, 1.165) is 4.88 Å². The van der Waals surface area contributed by atoms with Gasteiger partial charge in [0.1, 0.15) is 0 Å². The Morgan fingerprint density at radius 1 is 1.40 bits per heavy atom. The molecule has 7 heteroatoms. The molecule has 0 aliphatic carbocycles. The molecule has 0 saturated heterocycles. The summed E-state index contributed by atoms with van der Waals surface area (Å²) < 4.78 is 0. The van der Waals surface area contributed by atoms with Crippen LogP contribution in [0.1, 0.15) is 28.2 Å². The Labute approximate surface area is 119 Å². The molecule has 20 heavy (non-hydrogen) atoms. The predicted octanol–water partition coefficient (Wildman–Crippen LogP) is 2.72. The number of carbonyl (C=O) groups is 2. The van der Waals surface area contributed by atoms with Crippen LogP contribution in [0, 0.1) is 0 Å². The van der Waals surface area contributed by atoms with Gasteiger partial charge >= 0.3 is 12.0 Å². The summed E-state index contributed by atoms with van der Waals surface area (Å²) in [5, 5.41) is 16.1. The zero-order valence-corrected chi connectivity index (χ0v) is 11.5. The Kier molecular flexibility index (Phi) is 4.31. The number of hydrogen-bond acceptors (Lipinski definition) is 4. The second-order valence-corrected chi connectivity index (χ2v) is 5.08. The highest BCUT2D eigenvalue weighted by Gasteiger charge is 2.11. The molecule has 1 atom stereocenters. The van der Waals surface area contributed by atoms with Crippen molar-refractivity contribution in [1.29, 1.82) is 0 Å². The van der Waals surface area contributed by atoms with Crippen molar-refractivity contribution in [1.82, 2.24) is 10.3 Å². The molecule has 3 N–H and O–H groups in total. The van der Waals surface area contributed by atoms with Crippen LogP contribution in [0.15, 0.2) is 36.0 Å². The van der Waals surface area contributed by atoms with Crippen LogP contribution in [-0.2, 0) is 0 Å². The molecule has 0 aliphatic heterocycles. The van der Waals surface area contributed by atoms with E-state index in [1.54, 1.807) is 11.3 Å². The predicted molar refractivity (Wildman–Crippen MR) is 76.1 cm³/mol. The van der Waals surface area contributed by atoms with Crippen molar-refractivity contribution in [3.8, 4) is 0 Å². The van der Waals surface area contributed by atoms with Gasteiger partial charge in [-0.3, -0.25) is 4.98 Å². The van der Waals surface area contributed by atoms with Gasteiger partial charge in [-0.1, -0.05) is 6.07 Å². The van der Waals surface area contributed by atoms with Crippen LogP contribution in [0.25, 0.3) is 0 Å². The average Bonchev–Trinajstić information content (AvgIpc) is 2.92. The number of thiophene rings is 1. The zero-order valence-electron chi connectivity index (χ0n) is 10.7. The van der Waals surface area contributed by atoms with Crippen LogP contribution < -0.4 is 10.6 Å². The lowest BCUT2D eigenvalue weighted by molar-refractivity contribution is 0.0696. The highest BCUT2D eigenvalue weighted by molar-refractivity contribution is 7.10. The van der Waals surface area contributed by atoms with E-state index in [1.165, 1.54) is 18.5 Å². The number of pyridine rings is 1. The molecule has 2 aromatic heterocycles. The first-order chi connectivity index (χ1) is 9.56. The molecule has 0 spiro atoms. The molecule has 2 aromatic rings. The number of urea groups is 1. The number of rotatable bonds is 4. The zero-order chi connectivity index (χ0) is 14.5. The standard InChI is InChI=1S/C13H13N3O3S/c1-8(11-3-2-4-20-11)15-13(19)16-10-5-9(12(17)18)6-14-7-10/h2-8H,1H3,(H,17,18)(H2,15,16,19). The van der Waals surface area contributed by atoms with E-state index in [1.807, 2.05) is 24.4 Å². The van der Waals surface area contributed by atoms with Crippen LogP contribution in [-0.4, -0.2) is 22.1 Å². The highest BCUT2D eigenvalue weighted by atomic mass is 32.1. The van der Waals surface area contributed by atoms with E-state index < -0.39 is 12.0 Å². The first-order valence-corrected chi connectivity index (χ1v) is 6.73. The van der Waals surface area contributed by atoms with Crippen molar-refractivity contribution >= 4 is 29.0 Å². The molecule has 0 fully saturated rings. The van der Waals surface area contributed by atoms with Crippen LogP contribution in [0.2, 0.25) is 0 Å². The van der Waals surface area contributed by atoms with Crippen molar-refractivity contribution in [3.63, 3.8) is 0 Å². The maximum absolute atomic E-state index is 11.8. The van der Waals surface area contributed by atoms with Gasteiger partial charge in [0.25, 0.3) is 0 Å². The van der Waals surface area contributed by atoms with Gasteiger partial charge in [0.05, 0.1) is 23.5 Å². The number of nitrogens with one attached hydrogen (secondary N) is 2. The quantitative estimate of drug-likeness (QED) is 0.807. The second-order valence-electron chi connectivity index (χ2n) is 4.10. The molecule has 2 heterocycles. The Balaban J connectivity index is 1.98. The van der Waals surface area contributed by atoms with Crippen molar-refractivity contribution < 1.29 is 14.7 Å². The Bertz CT molecular complexity index is 613. The lowest BCUT2D eigenvalue weighted by Gasteiger charge is -2.13. The van der Waals surface area contributed by atoms with Crippen LogP contribution in [0.4, 0.5) is 10.5 Å². The van der Waals surface area contributed by atoms with E-state index in [2.05, 4.69) is 15.6 Å². The molecule has 0 aromatic carbocycles. The maximum Gasteiger partial charge on any atom is 0.337 e. The minimum absolute atomic E-state index is 0.0223. The van der Waals surface area contributed by atoms with E-state index in [-0.39, 0.29) is 11.6 Å². The summed E-state index contributed by atoms with van der Waals surface area (Å²) in [5.41, 5.74) is 0.356. The lowest BCUT2D eigenvalue weighted by Crippen LogP contribution is -2.30. The van der Waals surface area contributed by atoms with E-state index in [9.17, 15) is 9.59 Å². The fourth-order valence-corrected chi connectivity index (χ4v) is 2.33. The van der Waals surface area contributed by atoms with E-state index in [4.69, 9.17) is 5.11 Å². The Hall–Kier alpha value is -2.41. The van der Waals surface area contributed by atoms with Gasteiger partial charge in [0.2, 0.25) is 0 Å². The number of aromatic nitrogens is 1. The summed E-state index contributed by atoms with van der Waals surface area (Å²) in [6.07, 6.45) is 2.61. The van der Waals surface area contributed by atoms with Gasteiger partial charge in [0.15, 0.2) is 0 Å². The normalized spacial score (nSPS) is 11.7. The molecular formula is C13H13N3O3S. The Morgan fingerprint density at radius 2 is 2.20 bits per heavy atom. The van der Waals surface area contributed by atoms with Gasteiger partial charge in [0, 0.05) is 11.1 Å². The van der Waals surface area contributed by atoms with Crippen LogP contribution in [0.3, 0.4) is 0 Å². The fourth-order valence-electron chi connectivity index (χ4n) is 1.60. The van der Waals surface area contributed by atoms with Gasteiger partial charge < -0.3 is 15.7 Å². The minimum atomic E-state index is -1.09. The van der Waals surface area contributed by atoms with E-state index in [0.29, 0.717) is 5.69 Å². The number of amides is 2. The average molecular weight is 291 g/mol. The van der Waals surface area contributed by atoms with Crippen molar-refractivity contribution in [3.05, 3.63) is 46.4 Å². The lowest BCUT2D eigenvalue weighted by atomic mass is 10.2. The number of aromatic carboxylic acids is 1. The van der Waals surface area contributed by atoms with Gasteiger partial charge in [-0.2, -0.15) is 0 Å². The number of carbonyl (C=O) groups excluding carboxylic acids is 1. The highest BCUT2D eigenvalue weighted by Crippen LogP contribution is 2.18. The molecule has 104 valence electrons. The number of nitrogens with zero attached hydrogens (tertiary/aromatic N) is 1. The van der Waals surface area contributed by atoms with Gasteiger partial charge in [-0.05, 0) is 24.4 Å². The van der Waals surface area contributed by atoms with E-state index >= 15 is 0 Å². The fraction of sp³-hybridized carbons (Fsp3) is 0.154. The topological polar surface area (TPSA) is 91.3 Å². The third-order valence-electron chi connectivity index (χ3n) is 2.56. The monoisotopic (exact) mass is 291 g/mol. The molecule has 0 aliphatic rings. The summed E-state index contributed by atoms with van der Waals surface area (Å²) in [6, 6.07) is 4.67. The van der Waals surface area contributed by atoms with Crippen molar-refractivity contribution in [2.24, 2.45) is 0 Å². The van der Waals surface area contributed by atoms with Gasteiger partial charge in [-0.15, -0.1) is 11.3 Å². The molecule has 6 nitrogen and oxygen atoms in total. The summed E-state index contributed by atoms with van der Waals surface area (Å²) in [5.74, 6) is -1.09. The summed E-state index contributed by atoms with van der Waals surface area (Å²) in [6.45, 7) is 1.87. The summed E-state index contributed by atoms with van der Waals surface area (Å²) in [4.78, 5) is 27.4. The maximum atomic E-state index is 11.8. The first-order valence-electron chi connectivity index (χ1n) is 5.85. The number of carboxylic acids is 1. The Morgan fingerprint density at radius 3 is 2.85 bits per heavy atom. The number of hydrogen-bond donors (Lipinski definition) is 3. The molecule has 0 bridgehead atoms. The summed E-state index contributed by atoms with van der Waals surface area (Å²) >= 11 is 1.55. The molecule has 1 unspecified atom stereocenters. The number of anilines is 1. The van der Waals surface area contributed by atoms with Crippen LogP contribution >= 0.6 is 11.3 Å². The first kappa shape index (κ1) is 14.0. The molecule has 2 rings (SSSR count). The molecular weight excluding hydrogens is 278 g/mol. The third-order valence-corrected chi connectivity index (χ3v) is 3.62. The SMILES string of the molecule is CC(NC(=O)Nc1cncc(C(=O)O)c1)c1cccs1.